The van der Waals surface area contributed by atoms with E-state index in [9.17, 15) is 0 Å². The molecule has 0 amide bonds. The fourth-order valence-corrected chi connectivity index (χ4v) is 0.671. The van der Waals surface area contributed by atoms with Gasteiger partial charge in [-0.3, -0.25) is 0 Å². The summed E-state index contributed by atoms with van der Waals surface area (Å²) in [6.45, 7) is 5.68. The number of nitrogens with zero attached hydrogens (tertiary/aromatic N) is 1. The van der Waals surface area contributed by atoms with E-state index >= 15 is 0 Å². The Kier molecular flexibility index (Phi) is 16.5. The van der Waals surface area contributed by atoms with Crippen LogP contribution in [0, 0.1) is 0 Å². The predicted molar refractivity (Wildman–Crippen MR) is 63.7 cm³/mol. The molecule has 0 aliphatic heterocycles. The summed E-state index contributed by atoms with van der Waals surface area (Å²) >= 11 is 1.37. The Morgan fingerprint density at radius 2 is 1.33 bits per heavy atom. The van der Waals surface area contributed by atoms with Gasteiger partial charge in [0, 0.05) is 0 Å². The summed E-state index contributed by atoms with van der Waals surface area (Å²) in [4.78, 5) is 21.6. The van der Waals surface area contributed by atoms with Crippen molar-refractivity contribution in [2.24, 2.45) is 0 Å². The van der Waals surface area contributed by atoms with E-state index in [-0.39, 0.29) is 0 Å². The maximum atomic E-state index is 8.88. The van der Waals surface area contributed by atoms with Crippen molar-refractivity contribution < 1.29 is 23.7 Å². The third kappa shape index (κ3) is 100. The summed E-state index contributed by atoms with van der Waals surface area (Å²) in [6.07, 6.45) is 1.28. The fourth-order valence-electron chi connectivity index (χ4n) is 0.671. The van der Waals surface area contributed by atoms with Gasteiger partial charge in [-0.25, -0.2) is 4.57 Å². The first-order valence-corrected chi connectivity index (χ1v) is 8.04. The molecular weight excluding hydrogens is 228 g/mol. The summed E-state index contributed by atoms with van der Waals surface area (Å²) in [5, 5.41) is 0. The van der Waals surface area contributed by atoms with Gasteiger partial charge < -0.3 is 19.2 Å². The Bertz CT molecular complexity index is 158. The normalized spacial score (nSPS) is 10.8. The average molecular weight is 252 g/mol. The maximum absolute atomic E-state index is 8.88. The molecule has 0 bridgehead atoms. The summed E-state index contributed by atoms with van der Waals surface area (Å²) < 4.78 is 11.4. The van der Waals surface area contributed by atoms with Gasteiger partial charge in [-0.05, 0) is 6.42 Å². The van der Waals surface area contributed by atoms with Gasteiger partial charge in [0.25, 0.3) is 0 Å². The molecule has 5 nitrogen and oxygen atoms in total. The van der Waals surface area contributed by atoms with Crippen molar-refractivity contribution >= 4 is 35.8 Å². The molecule has 0 saturated carbocycles. The minimum atomic E-state index is -4.64. The molecule has 0 heterocycles. The second-order valence-corrected chi connectivity index (χ2v) is 6.68. The molecule has 0 aliphatic carbocycles. The number of hydrogen-bond donors (Lipinski definition) is 3. The van der Waals surface area contributed by atoms with E-state index in [0.29, 0.717) is 0 Å². The third-order valence-corrected chi connectivity index (χ3v) is 0.894. The van der Waals surface area contributed by atoms with E-state index in [1.165, 1.54) is 44.6 Å². The van der Waals surface area contributed by atoms with Gasteiger partial charge in [-0.15, -0.1) is 0 Å². The molecule has 0 aromatic rings. The maximum Gasteiger partial charge on any atom is 0.466 e. The van der Waals surface area contributed by atoms with Crippen molar-refractivity contribution in [2.75, 3.05) is 27.7 Å². The van der Waals surface area contributed by atoms with Gasteiger partial charge in [-0.2, -0.15) is 0 Å². The zero-order valence-electron chi connectivity index (χ0n) is 10.8. The van der Waals surface area contributed by atoms with E-state index in [0.717, 1.165) is 4.48 Å². The number of quaternary nitrogens is 1. The Hall–Kier alpha value is 1.07. The summed E-state index contributed by atoms with van der Waals surface area (Å²) in [6, 6.07) is 0. The van der Waals surface area contributed by atoms with Crippen molar-refractivity contribution in [3.8, 4) is 0 Å². The minimum absolute atomic E-state index is 1.09. The standard InChI is InChI=1S/C6H16N.C2H5.Na.H3O4P/c1-5-6-7(2,3)4;1-2;;1-5(2,3)4/h5-6H2,1-4H3;1H2,2H3;;(H3,1,2,3,4)/q+1;;;. The quantitative estimate of drug-likeness (QED) is 0.385. The molecule has 0 unspecified atom stereocenters. The first kappa shape index (κ1) is 21.4. The van der Waals surface area contributed by atoms with Crippen molar-refractivity contribution in [3.63, 3.8) is 0 Å². The van der Waals surface area contributed by atoms with Crippen LogP contribution in [0.2, 0.25) is 3.67 Å². The van der Waals surface area contributed by atoms with Crippen LogP contribution in [0.15, 0.2) is 0 Å². The Balaban J connectivity index is -0.000000158. The van der Waals surface area contributed by atoms with E-state index in [2.05, 4.69) is 35.0 Å². The van der Waals surface area contributed by atoms with Gasteiger partial charge in [0.1, 0.15) is 0 Å². The van der Waals surface area contributed by atoms with Crippen LogP contribution in [0.5, 0.6) is 0 Å². The molecule has 15 heavy (non-hydrogen) atoms. The van der Waals surface area contributed by atoms with Crippen molar-refractivity contribution in [2.45, 2.75) is 23.9 Å². The molecule has 0 radical (unpaired) electrons. The topological polar surface area (TPSA) is 77.8 Å². The Morgan fingerprint density at radius 3 is 1.33 bits per heavy atom. The van der Waals surface area contributed by atoms with E-state index < -0.39 is 7.82 Å². The molecule has 0 saturated heterocycles. The zero-order chi connectivity index (χ0) is 13.1. The molecule has 3 N–H and O–H groups in total. The Labute approximate surface area is 111 Å². The van der Waals surface area contributed by atoms with Crippen molar-refractivity contribution in [1.82, 2.24) is 0 Å². The van der Waals surface area contributed by atoms with Crippen LogP contribution >= 0.6 is 7.82 Å². The van der Waals surface area contributed by atoms with Crippen molar-refractivity contribution in [3.05, 3.63) is 0 Å². The molecule has 0 rings (SSSR count). The number of hydrogen-bond acceptors (Lipinski definition) is 1. The second kappa shape index (κ2) is 11.6. The summed E-state index contributed by atoms with van der Waals surface area (Å²) in [7, 11) is 2.00. The van der Waals surface area contributed by atoms with Crippen LogP contribution in [0.1, 0.15) is 20.3 Å². The summed E-state index contributed by atoms with van der Waals surface area (Å²) in [5.74, 6) is 0. The van der Waals surface area contributed by atoms with Gasteiger partial charge in [0.2, 0.25) is 0 Å². The second-order valence-electron chi connectivity index (χ2n) is 4.23. The van der Waals surface area contributed by atoms with Crippen LogP contribution in [-0.4, -0.2) is 74.8 Å². The molecule has 0 atom stereocenters. The van der Waals surface area contributed by atoms with E-state index in [1.54, 1.807) is 0 Å². The van der Waals surface area contributed by atoms with Crippen LogP contribution in [-0.2, 0) is 4.57 Å². The van der Waals surface area contributed by atoms with E-state index in [4.69, 9.17) is 19.2 Å². The predicted octanol–water partition coefficient (Wildman–Crippen LogP) is 0.767. The van der Waals surface area contributed by atoms with Crippen LogP contribution in [0.25, 0.3) is 0 Å². The fraction of sp³-hybridized carbons (Fsp3) is 1.00. The van der Waals surface area contributed by atoms with Gasteiger partial charge in [0.15, 0.2) is 0 Å². The minimum Gasteiger partial charge on any atom is -0.303 e. The molecular formula is C8H24NNaO4P+. The van der Waals surface area contributed by atoms with Crippen LogP contribution in [0.4, 0.5) is 0 Å². The molecule has 0 aromatic heterocycles. The van der Waals surface area contributed by atoms with Crippen LogP contribution < -0.4 is 0 Å². The largest absolute Gasteiger partial charge is 0.466 e. The number of phosphoric acid groups is 1. The van der Waals surface area contributed by atoms with Gasteiger partial charge in [-0.1, -0.05) is 6.92 Å². The van der Waals surface area contributed by atoms with Gasteiger partial charge in [0.05, 0.1) is 27.7 Å². The van der Waals surface area contributed by atoms with E-state index in [1.807, 2.05) is 0 Å². The monoisotopic (exact) mass is 252 g/mol. The van der Waals surface area contributed by atoms with Gasteiger partial charge >= 0.3 is 46.3 Å². The first-order chi connectivity index (χ1) is 6.47. The first-order valence-electron chi connectivity index (χ1n) is 5.06. The molecule has 0 aliphatic rings. The van der Waals surface area contributed by atoms with Crippen molar-refractivity contribution in [1.29, 1.82) is 0 Å². The SMILES string of the molecule is CCC[N+](C)(C)C.C[CH2][Na].O=P(O)(O)O. The zero-order valence-corrected chi connectivity index (χ0v) is 13.7. The molecule has 0 spiro atoms. The molecule has 0 fully saturated rings. The summed E-state index contributed by atoms with van der Waals surface area (Å²) in [5.41, 5.74) is 0. The Morgan fingerprint density at radius 1 is 1.13 bits per heavy atom. The third-order valence-electron chi connectivity index (χ3n) is 0.894. The smallest absolute Gasteiger partial charge is 0.303 e. The molecule has 90 valence electrons. The van der Waals surface area contributed by atoms with Crippen LogP contribution in [0.3, 0.4) is 0 Å². The number of rotatable bonds is 2. The molecule has 7 heteroatoms. The molecule has 0 aromatic carbocycles. The average Bonchev–Trinajstić information content (AvgIpc) is 1.80.